The van der Waals surface area contributed by atoms with Gasteiger partial charge in [-0.3, -0.25) is 4.40 Å². The van der Waals surface area contributed by atoms with Crippen molar-refractivity contribution in [2.75, 3.05) is 18.4 Å². The van der Waals surface area contributed by atoms with Crippen LogP contribution < -0.4 is 10.6 Å². The van der Waals surface area contributed by atoms with E-state index >= 15 is 0 Å². The van der Waals surface area contributed by atoms with Gasteiger partial charge in [0.25, 0.3) is 0 Å². The molecule has 3 aromatic rings. The molecular weight excluding hydrogens is 418 g/mol. The molecule has 4 rings (SSSR count). The average molecular weight is 439 g/mol. The summed E-state index contributed by atoms with van der Waals surface area (Å²) in [4.78, 5) is 8.64. The summed E-state index contributed by atoms with van der Waals surface area (Å²) >= 11 is 0. The van der Waals surface area contributed by atoms with Crippen molar-refractivity contribution < 1.29 is 27.8 Å². The lowest BCUT2D eigenvalue weighted by atomic mass is 9.92. The molecule has 1 unspecified atom stereocenters. The highest BCUT2D eigenvalue weighted by Gasteiger charge is 2.52. The molecule has 11 heteroatoms. The highest BCUT2D eigenvalue weighted by molar-refractivity contribution is 5.63. The lowest BCUT2D eigenvalue weighted by Gasteiger charge is -2.28. The first-order chi connectivity index (χ1) is 14.6. The van der Waals surface area contributed by atoms with E-state index < -0.39 is 36.2 Å². The van der Waals surface area contributed by atoms with Crippen LogP contribution in [0.3, 0.4) is 0 Å². The van der Waals surface area contributed by atoms with Crippen LogP contribution in [0, 0.1) is 0 Å². The van der Waals surface area contributed by atoms with E-state index in [0.717, 1.165) is 6.20 Å². The molecule has 3 aromatic heterocycles. The number of nitrogens with one attached hydrogen (secondary N) is 2. The van der Waals surface area contributed by atoms with Crippen molar-refractivity contribution in [3.05, 3.63) is 47.8 Å². The van der Waals surface area contributed by atoms with E-state index in [2.05, 4.69) is 20.6 Å². The molecule has 0 saturated carbocycles. The van der Waals surface area contributed by atoms with Gasteiger partial charge in [-0.2, -0.15) is 13.2 Å². The van der Waals surface area contributed by atoms with Gasteiger partial charge < -0.3 is 20.8 Å². The molecule has 1 fully saturated rings. The minimum absolute atomic E-state index is 0.0851. The number of fused-ring (bicyclic) bond motifs is 1. The van der Waals surface area contributed by atoms with E-state index in [1.165, 1.54) is 16.7 Å². The number of halogens is 4. The van der Waals surface area contributed by atoms with Crippen molar-refractivity contribution in [2.45, 2.75) is 37.5 Å². The molecule has 0 spiro atoms. The number of hydrogen-bond donors (Lipinski definition) is 4. The molecule has 4 N–H and O–H groups in total. The quantitative estimate of drug-likeness (QED) is 0.456. The van der Waals surface area contributed by atoms with Crippen molar-refractivity contribution >= 4 is 11.5 Å². The summed E-state index contributed by atoms with van der Waals surface area (Å²) in [5, 5.41) is 25.7. The number of anilines is 1. The SMILES string of the molecule is CC(O)(c1cn2c(-c3cccc(N[C@H]4CNC[C@@H]4F)n3)cnc2cc1CO)C(F)(F)F. The lowest BCUT2D eigenvalue weighted by molar-refractivity contribution is -0.259. The van der Waals surface area contributed by atoms with Gasteiger partial charge in [-0.1, -0.05) is 6.07 Å². The van der Waals surface area contributed by atoms with E-state index in [1.807, 2.05) is 0 Å². The molecule has 3 atom stereocenters. The number of alkyl halides is 4. The first kappa shape index (κ1) is 21.5. The third-order valence-electron chi connectivity index (χ3n) is 5.46. The third kappa shape index (κ3) is 3.84. The standard InChI is InChI=1S/C20H21F4N5O2/c1-19(31,20(22,23)24)12-9-29-16(8-26-18(29)5-11(12)10-30)14-3-2-4-17(27-14)28-15-7-25-6-13(15)21/h2-5,8-9,13,15,25,30-31H,6-7,10H2,1H3,(H,27,28)/t13-,15-,19?/m0/s1. The van der Waals surface area contributed by atoms with Gasteiger partial charge in [-0.15, -0.1) is 0 Å². The zero-order valence-corrected chi connectivity index (χ0v) is 16.5. The zero-order chi connectivity index (χ0) is 22.4. The molecule has 0 aromatic carbocycles. The Morgan fingerprint density at radius 3 is 2.71 bits per heavy atom. The minimum atomic E-state index is -4.95. The number of nitrogens with zero attached hydrogens (tertiary/aromatic N) is 3. The number of imidazole rings is 1. The Morgan fingerprint density at radius 2 is 2.06 bits per heavy atom. The highest BCUT2D eigenvalue weighted by Crippen LogP contribution is 2.40. The van der Waals surface area contributed by atoms with Crippen LogP contribution in [0.5, 0.6) is 0 Å². The minimum Gasteiger partial charge on any atom is -0.392 e. The molecule has 4 heterocycles. The van der Waals surface area contributed by atoms with Crippen molar-refractivity contribution in [2.24, 2.45) is 0 Å². The number of aliphatic hydroxyl groups excluding tert-OH is 1. The molecule has 1 saturated heterocycles. The fourth-order valence-electron chi connectivity index (χ4n) is 3.61. The molecule has 0 aliphatic carbocycles. The predicted molar refractivity (Wildman–Crippen MR) is 105 cm³/mol. The van der Waals surface area contributed by atoms with E-state index in [9.17, 15) is 27.8 Å². The Morgan fingerprint density at radius 1 is 1.29 bits per heavy atom. The Hall–Kier alpha value is -2.76. The van der Waals surface area contributed by atoms with Gasteiger partial charge in [0, 0.05) is 24.8 Å². The maximum Gasteiger partial charge on any atom is 0.421 e. The van der Waals surface area contributed by atoms with Crippen molar-refractivity contribution in [1.29, 1.82) is 0 Å². The lowest BCUT2D eigenvalue weighted by Crippen LogP contribution is -2.40. The average Bonchev–Trinajstić information content (AvgIpc) is 3.32. The Kier molecular flexibility index (Phi) is 5.36. The third-order valence-corrected chi connectivity index (χ3v) is 5.46. The van der Waals surface area contributed by atoms with Crippen molar-refractivity contribution in [3.63, 3.8) is 0 Å². The smallest absolute Gasteiger partial charge is 0.392 e. The van der Waals surface area contributed by atoms with Crippen LogP contribution in [-0.2, 0) is 12.2 Å². The van der Waals surface area contributed by atoms with Gasteiger partial charge in [0.2, 0.25) is 0 Å². The van der Waals surface area contributed by atoms with Gasteiger partial charge in [-0.25, -0.2) is 14.4 Å². The van der Waals surface area contributed by atoms with E-state index in [0.29, 0.717) is 30.7 Å². The molecule has 1 aliphatic rings. The number of pyridine rings is 2. The van der Waals surface area contributed by atoms with Gasteiger partial charge in [-0.05, 0) is 30.7 Å². The van der Waals surface area contributed by atoms with Crippen LogP contribution in [-0.4, -0.2) is 56.1 Å². The van der Waals surface area contributed by atoms with Crippen LogP contribution in [0.15, 0.2) is 36.7 Å². The topological polar surface area (TPSA) is 94.7 Å². The van der Waals surface area contributed by atoms with Crippen LogP contribution in [0.4, 0.5) is 23.4 Å². The second kappa shape index (κ2) is 7.74. The highest BCUT2D eigenvalue weighted by atomic mass is 19.4. The molecule has 0 bridgehead atoms. The second-order valence-electron chi connectivity index (χ2n) is 7.65. The van der Waals surface area contributed by atoms with Crippen LogP contribution in [0.1, 0.15) is 18.1 Å². The first-order valence-electron chi connectivity index (χ1n) is 9.61. The Labute approximate surface area is 174 Å². The van der Waals surface area contributed by atoms with Gasteiger partial charge in [0.1, 0.15) is 17.6 Å². The van der Waals surface area contributed by atoms with Gasteiger partial charge >= 0.3 is 6.18 Å². The van der Waals surface area contributed by atoms with Crippen molar-refractivity contribution in [1.82, 2.24) is 19.7 Å². The fraction of sp³-hybridized carbons (Fsp3) is 0.400. The maximum absolute atomic E-state index is 13.9. The molecule has 31 heavy (non-hydrogen) atoms. The maximum atomic E-state index is 13.9. The number of aromatic nitrogens is 3. The van der Waals surface area contributed by atoms with E-state index in [1.54, 1.807) is 18.2 Å². The summed E-state index contributed by atoms with van der Waals surface area (Å²) in [6, 6.07) is 5.86. The van der Waals surface area contributed by atoms with Crippen LogP contribution in [0.25, 0.3) is 17.0 Å². The molecule has 0 amide bonds. The molecule has 1 aliphatic heterocycles. The molecule has 0 radical (unpaired) electrons. The number of hydrogen-bond acceptors (Lipinski definition) is 6. The van der Waals surface area contributed by atoms with E-state index in [-0.39, 0.29) is 17.8 Å². The largest absolute Gasteiger partial charge is 0.421 e. The molecular formula is C20H21F4N5O2. The summed E-state index contributed by atoms with van der Waals surface area (Å²) in [6.07, 6.45) is -3.47. The normalized spacial score (nSPS) is 21.4. The Bertz CT molecular complexity index is 1100. The van der Waals surface area contributed by atoms with Gasteiger partial charge in [0.05, 0.1) is 30.2 Å². The number of rotatable bonds is 5. The van der Waals surface area contributed by atoms with Gasteiger partial charge in [0.15, 0.2) is 5.60 Å². The zero-order valence-electron chi connectivity index (χ0n) is 16.5. The predicted octanol–water partition coefficient (Wildman–Crippen LogP) is 2.38. The van der Waals surface area contributed by atoms with Crippen LogP contribution in [0.2, 0.25) is 0 Å². The van der Waals surface area contributed by atoms with Crippen molar-refractivity contribution in [3.8, 4) is 11.4 Å². The van der Waals surface area contributed by atoms with E-state index in [4.69, 9.17) is 0 Å². The fourth-order valence-corrected chi connectivity index (χ4v) is 3.61. The Balaban J connectivity index is 1.77. The summed E-state index contributed by atoms with van der Waals surface area (Å²) in [7, 11) is 0. The second-order valence-corrected chi connectivity index (χ2v) is 7.65. The number of aliphatic hydroxyl groups is 2. The van der Waals surface area contributed by atoms with Crippen LogP contribution >= 0.6 is 0 Å². The molecule has 166 valence electrons. The first-order valence-corrected chi connectivity index (χ1v) is 9.61. The molecule has 7 nitrogen and oxygen atoms in total. The summed E-state index contributed by atoms with van der Waals surface area (Å²) < 4.78 is 55.6. The summed E-state index contributed by atoms with van der Waals surface area (Å²) in [6.45, 7) is 0.635. The summed E-state index contributed by atoms with van der Waals surface area (Å²) in [5.41, 5.74) is -2.69. The monoisotopic (exact) mass is 439 g/mol. The summed E-state index contributed by atoms with van der Waals surface area (Å²) in [5.74, 6) is 0.415.